The van der Waals surface area contributed by atoms with Crippen LogP contribution in [-0.4, -0.2) is 41.2 Å². The van der Waals surface area contributed by atoms with E-state index in [0.29, 0.717) is 29.8 Å². The van der Waals surface area contributed by atoms with Crippen LogP contribution >= 0.6 is 0 Å². The molecule has 0 spiro atoms. The molecule has 0 bridgehead atoms. The molecular formula is C19H27N3O2. The third kappa shape index (κ3) is 4.22. The summed E-state index contributed by atoms with van der Waals surface area (Å²) in [5.74, 6) is 1.37. The summed E-state index contributed by atoms with van der Waals surface area (Å²) >= 11 is 0. The fourth-order valence-corrected chi connectivity index (χ4v) is 3.43. The maximum atomic E-state index is 12.1. The molecule has 2 aromatic rings. The van der Waals surface area contributed by atoms with Gasteiger partial charge in [-0.05, 0) is 37.9 Å². The number of nitrogens with zero attached hydrogens (tertiary/aromatic N) is 2. The van der Waals surface area contributed by atoms with Crippen molar-refractivity contribution in [2.75, 3.05) is 20.2 Å². The summed E-state index contributed by atoms with van der Waals surface area (Å²) in [7, 11) is 2.03. The number of hydrogen-bond donors (Lipinski definition) is 1. The van der Waals surface area contributed by atoms with E-state index in [4.69, 9.17) is 4.74 Å². The molecule has 1 aliphatic rings. The lowest BCUT2D eigenvalue weighted by atomic mass is 9.88. The highest BCUT2D eigenvalue weighted by atomic mass is 16.5. The summed E-state index contributed by atoms with van der Waals surface area (Å²) in [5.41, 5.74) is 0.674. The van der Waals surface area contributed by atoms with Crippen molar-refractivity contribution in [1.29, 1.82) is 0 Å². The number of para-hydroxylation sites is 1. The van der Waals surface area contributed by atoms with Crippen LogP contribution in [0.1, 0.15) is 38.4 Å². The van der Waals surface area contributed by atoms with Crippen LogP contribution in [0.3, 0.4) is 0 Å². The van der Waals surface area contributed by atoms with Gasteiger partial charge in [-0.2, -0.15) is 0 Å². The number of aromatic amines is 1. The van der Waals surface area contributed by atoms with Gasteiger partial charge in [0.1, 0.15) is 5.82 Å². The van der Waals surface area contributed by atoms with Gasteiger partial charge < -0.3 is 9.72 Å². The topological polar surface area (TPSA) is 58.2 Å². The maximum Gasteiger partial charge on any atom is 0.258 e. The Hall–Kier alpha value is -1.72. The average molecular weight is 329 g/mol. The highest BCUT2D eigenvalue weighted by Crippen LogP contribution is 2.26. The summed E-state index contributed by atoms with van der Waals surface area (Å²) < 4.78 is 6.06. The fourth-order valence-electron chi connectivity index (χ4n) is 3.43. The van der Waals surface area contributed by atoms with Gasteiger partial charge in [0.2, 0.25) is 0 Å². The third-order valence-corrected chi connectivity index (χ3v) is 4.92. The monoisotopic (exact) mass is 329 g/mol. The number of fused-ring (bicyclic) bond motifs is 1. The van der Waals surface area contributed by atoms with Gasteiger partial charge in [0.05, 0.1) is 30.2 Å². The van der Waals surface area contributed by atoms with Crippen molar-refractivity contribution in [3.05, 3.63) is 40.4 Å². The van der Waals surface area contributed by atoms with Crippen LogP contribution in [0.25, 0.3) is 10.9 Å². The average Bonchev–Trinajstić information content (AvgIpc) is 2.57. The summed E-state index contributed by atoms with van der Waals surface area (Å²) in [6.07, 6.45) is 5.49. The number of benzene rings is 1. The van der Waals surface area contributed by atoms with Crippen LogP contribution in [0.2, 0.25) is 0 Å². The molecule has 130 valence electrons. The molecule has 1 heterocycles. The van der Waals surface area contributed by atoms with E-state index in [0.717, 1.165) is 18.7 Å². The van der Waals surface area contributed by atoms with Gasteiger partial charge in [-0.15, -0.1) is 0 Å². The molecule has 5 nitrogen and oxygen atoms in total. The molecule has 1 aromatic heterocycles. The van der Waals surface area contributed by atoms with E-state index in [1.807, 2.05) is 25.2 Å². The molecule has 1 aliphatic carbocycles. The summed E-state index contributed by atoms with van der Waals surface area (Å²) in [5, 5.41) is 0.638. The first-order valence-corrected chi connectivity index (χ1v) is 8.91. The van der Waals surface area contributed by atoms with Crippen LogP contribution < -0.4 is 5.56 Å². The number of hydrogen-bond acceptors (Lipinski definition) is 4. The van der Waals surface area contributed by atoms with Gasteiger partial charge in [-0.3, -0.25) is 9.69 Å². The number of H-pyrrole nitrogens is 1. The van der Waals surface area contributed by atoms with Crippen LogP contribution in [-0.2, 0) is 11.3 Å². The van der Waals surface area contributed by atoms with Crippen molar-refractivity contribution in [1.82, 2.24) is 14.9 Å². The molecule has 0 radical (unpaired) electrons. The van der Waals surface area contributed by atoms with E-state index in [1.54, 1.807) is 6.07 Å². The van der Waals surface area contributed by atoms with E-state index in [1.165, 1.54) is 25.7 Å². The van der Waals surface area contributed by atoms with Gasteiger partial charge in [-0.25, -0.2) is 4.98 Å². The molecule has 1 N–H and O–H groups in total. The molecule has 0 saturated heterocycles. The summed E-state index contributed by atoms with van der Waals surface area (Å²) in [6, 6.07) is 7.44. The van der Waals surface area contributed by atoms with Crippen molar-refractivity contribution >= 4 is 10.9 Å². The number of aromatic nitrogens is 2. The van der Waals surface area contributed by atoms with Crippen molar-refractivity contribution in [2.45, 2.75) is 45.3 Å². The Kier molecular flexibility index (Phi) is 5.63. The highest BCUT2D eigenvalue weighted by molar-refractivity contribution is 5.77. The van der Waals surface area contributed by atoms with Gasteiger partial charge >= 0.3 is 0 Å². The quantitative estimate of drug-likeness (QED) is 0.885. The number of likely N-dealkylation sites (N-methyl/N-ethyl adjacent to an activating group) is 1. The third-order valence-electron chi connectivity index (χ3n) is 4.92. The first-order chi connectivity index (χ1) is 11.6. The molecular weight excluding hydrogens is 302 g/mol. The zero-order valence-corrected chi connectivity index (χ0v) is 14.6. The van der Waals surface area contributed by atoms with Crippen molar-refractivity contribution in [3.63, 3.8) is 0 Å². The van der Waals surface area contributed by atoms with Crippen molar-refractivity contribution in [3.8, 4) is 0 Å². The molecule has 3 rings (SSSR count). The second-order valence-electron chi connectivity index (χ2n) is 6.94. The van der Waals surface area contributed by atoms with Crippen molar-refractivity contribution < 1.29 is 4.74 Å². The second-order valence-corrected chi connectivity index (χ2v) is 6.94. The van der Waals surface area contributed by atoms with E-state index >= 15 is 0 Å². The highest BCUT2D eigenvalue weighted by Gasteiger charge is 2.21. The van der Waals surface area contributed by atoms with E-state index in [2.05, 4.69) is 21.8 Å². The van der Waals surface area contributed by atoms with Gasteiger partial charge in [0, 0.05) is 6.54 Å². The minimum atomic E-state index is -0.0729. The predicted molar refractivity (Wildman–Crippen MR) is 96.1 cm³/mol. The lowest BCUT2D eigenvalue weighted by Gasteiger charge is -2.29. The van der Waals surface area contributed by atoms with E-state index < -0.39 is 0 Å². The van der Waals surface area contributed by atoms with E-state index in [9.17, 15) is 4.79 Å². The Morgan fingerprint density at radius 1 is 1.29 bits per heavy atom. The summed E-state index contributed by atoms with van der Waals surface area (Å²) in [4.78, 5) is 21.7. The Bertz CT molecular complexity index is 728. The lowest BCUT2D eigenvalue weighted by Crippen LogP contribution is -2.30. The summed E-state index contributed by atoms with van der Waals surface area (Å²) in [6.45, 7) is 4.46. The lowest BCUT2D eigenvalue weighted by molar-refractivity contribution is -0.0124. The van der Waals surface area contributed by atoms with Gasteiger partial charge in [-0.1, -0.05) is 31.9 Å². The normalized spacial score (nSPS) is 21.5. The Morgan fingerprint density at radius 2 is 2.08 bits per heavy atom. The molecule has 5 heteroatoms. The van der Waals surface area contributed by atoms with Crippen molar-refractivity contribution in [2.24, 2.45) is 5.92 Å². The number of nitrogens with one attached hydrogen (secondary N) is 1. The molecule has 0 unspecified atom stereocenters. The first kappa shape index (κ1) is 17.1. The smallest absolute Gasteiger partial charge is 0.258 e. The molecule has 0 amide bonds. The first-order valence-electron chi connectivity index (χ1n) is 8.91. The van der Waals surface area contributed by atoms with Gasteiger partial charge in [0.25, 0.3) is 5.56 Å². The predicted octanol–water partition coefficient (Wildman–Crippen LogP) is 2.95. The minimum absolute atomic E-state index is 0.0729. The molecule has 0 aliphatic heterocycles. The van der Waals surface area contributed by atoms with Crippen LogP contribution in [0, 0.1) is 5.92 Å². The zero-order chi connectivity index (χ0) is 16.9. The standard InChI is InChI=1S/C19H27N3O2/c1-14-7-3-6-10-17(14)24-12-11-22(2)13-18-20-16-9-5-4-8-15(16)19(23)21-18/h4-5,8-9,14,17H,3,6-7,10-13H2,1-2H3,(H,20,21,23)/t14-,17+/m0/s1. The van der Waals surface area contributed by atoms with Gasteiger partial charge in [0.15, 0.2) is 0 Å². The zero-order valence-electron chi connectivity index (χ0n) is 14.6. The molecule has 24 heavy (non-hydrogen) atoms. The molecule has 1 saturated carbocycles. The van der Waals surface area contributed by atoms with Crippen LogP contribution in [0.5, 0.6) is 0 Å². The number of ether oxygens (including phenoxy) is 1. The molecule has 1 fully saturated rings. The largest absolute Gasteiger partial charge is 0.377 e. The molecule has 2 atom stereocenters. The Balaban J connectivity index is 1.53. The van der Waals surface area contributed by atoms with Crippen LogP contribution in [0.4, 0.5) is 0 Å². The number of rotatable bonds is 6. The fraction of sp³-hybridized carbons (Fsp3) is 0.579. The maximum absolute atomic E-state index is 12.1. The van der Waals surface area contributed by atoms with E-state index in [-0.39, 0.29) is 5.56 Å². The Labute approximate surface area is 143 Å². The van der Waals surface area contributed by atoms with Crippen LogP contribution in [0.15, 0.2) is 29.1 Å². The second kappa shape index (κ2) is 7.90. The SMILES string of the molecule is C[C@H]1CCCC[C@H]1OCCN(C)Cc1nc2ccccc2c(=O)[nH]1. The Morgan fingerprint density at radius 3 is 2.92 bits per heavy atom. The molecule has 1 aromatic carbocycles. The minimum Gasteiger partial charge on any atom is -0.377 e.